The smallest absolute Gasteiger partial charge is 0.168 e. The van der Waals surface area contributed by atoms with E-state index in [4.69, 9.17) is 19.7 Å². The average molecular weight is 508 g/mol. The summed E-state index contributed by atoms with van der Waals surface area (Å²) in [6, 6.07) is 3.80. The van der Waals surface area contributed by atoms with Crippen LogP contribution in [0.5, 0.6) is 0 Å². The Morgan fingerprint density at radius 2 is 1.97 bits per heavy atom. The van der Waals surface area contributed by atoms with Crippen molar-refractivity contribution in [2.45, 2.75) is 63.1 Å². The summed E-state index contributed by atoms with van der Waals surface area (Å²) in [5.74, 6) is -1.49. The first kappa shape index (κ1) is 26.3. The third kappa shape index (κ3) is 4.78. The summed E-state index contributed by atoms with van der Waals surface area (Å²) in [4.78, 5) is 0. The molecule has 1 aliphatic rings. The number of nitrogens with zero attached hydrogens (tertiary/aromatic N) is 4. The molecule has 196 valence electrons. The lowest BCUT2D eigenvalue weighted by atomic mass is 9.88. The summed E-state index contributed by atoms with van der Waals surface area (Å²) in [7, 11) is 1.45. The third-order valence-corrected chi connectivity index (χ3v) is 6.77. The average Bonchev–Trinajstić information content (AvgIpc) is 3.53. The lowest BCUT2D eigenvalue weighted by Crippen LogP contribution is -2.57. The van der Waals surface area contributed by atoms with Crippen LogP contribution in [-0.2, 0) is 21.3 Å². The van der Waals surface area contributed by atoms with Crippen molar-refractivity contribution >= 4 is 0 Å². The Labute approximate surface area is 207 Å². The van der Waals surface area contributed by atoms with Gasteiger partial charge in [0.2, 0.25) is 0 Å². The highest BCUT2D eigenvalue weighted by molar-refractivity contribution is 5.59. The van der Waals surface area contributed by atoms with Crippen molar-refractivity contribution in [1.82, 2.24) is 20.2 Å². The van der Waals surface area contributed by atoms with Gasteiger partial charge in [0.25, 0.3) is 0 Å². The van der Waals surface area contributed by atoms with E-state index in [-0.39, 0.29) is 28.7 Å². The predicted octanol–water partition coefficient (Wildman–Crippen LogP) is 1.68. The number of methoxy groups -OCH3 is 1. The summed E-state index contributed by atoms with van der Waals surface area (Å²) >= 11 is 0. The van der Waals surface area contributed by atoms with E-state index in [9.17, 15) is 19.0 Å². The molecule has 2 aromatic heterocycles. The zero-order valence-electron chi connectivity index (χ0n) is 20.6. The monoisotopic (exact) mass is 507 g/mol. The van der Waals surface area contributed by atoms with Gasteiger partial charge in [-0.3, -0.25) is 0 Å². The van der Waals surface area contributed by atoms with Crippen LogP contribution in [0.15, 0.2) is 28.9 Å². The molecule has 0 spiro atoms. The van der Waals surface area contributed by atoms with Gasteiger partial charge in [-0.25, -0.2) is 13.5 Å². The molecule has 0 aliphatic carbocycles. The topological polar surface area (TPSA) is 142 Å². The van der Waals surface area contributed by atoms with Gasteiger partial charge in [0.1, 0.15) is 35.8 Å². The number of aromatic nitrogens is 4. The van der Waals surface area contributed by atoms with Crippen molar-refractivity contribution in [1.29, 1.82) is 0 Å². The van der Waals surface area contributed by atoms with Gasteiger partial charge in [-0.15, -0.1) is 5.10 Å². The molecule has 3 aromatic rings. The summed E-state index contributed by atoms with van der Waals surface area (Å²) < 4.78 is 47.2. The fourth-order valence-corrected chi connectivity index (χ4v) is 4.35. The minimum Gasteiger partial charge on any atom is -0.394 e. The number of ether oxygens (including phenoxy) is 2. The minimum atomic E-state index is -1.23. The van der Waals surface area contributed by atoms with Gasteiger partial charge >= 0.3 is 0 Å². The second-order valence-electron chi connectivity index (χ2n) is 9.69. The molecule has 0 bridgehead atoms. The summed E-state index contributed by atoms with van der Waals surface area (Å²) in [5.41, 5.74) is 6.33. The molecule has 36 heavy (non-hydrogen) atoms. The second kappa shape index (κ2) is 10.3. The van der Waals surface area contributed by atoms with Crippen LogP contribution in [0, 0.1) is 18.6 Å². The predicted molar refractivity (Wildman–Crippen MR) is 124 cm³/mol. The van der Waals surface area contributed by atoms with Gasteiger partial charge in [0.15, 0.2) is 11.6 Å². The normalized spacial score (nSPS) is 24.9. The van der Waals surface area contributed by atoms with E-state index in [2.05, 4.69) is 15.5 Å². The van der Waals surface area contributed by atoms with Gasteiger partial charge in [0.05, 0.1) is 24.6 Å². The van der Waals surface area contributed by atoms with Gasteiger partial charge in [-0.05, 0) is 18.6 Å². The van der Waals surface area contributed by atoms with Crippen molar-refractivity contribution in [3.8, 4) is 11.3 Å². The van der Waals surface area contributed by atoms with Crippen LogP contribution in [0.4, 0.5) is 8.78 Å². The zero-order valence-corrected chi connectivity index (χ0v) is 20.6. The molecule has 3 heterocycles. The number of nitrogens with two attached hydrogens (primary N) is 1. The Balaban J connectivity index is 1.65. The zero-order chi connectivity index (χ0) is 26.2. The Morgan fingerprint density at radius 3 is 2.64 bits per heavy atom. The lowest BCUT2D eigenvalue weighted by Gasteiger charge is -2.43. The first-order valence-corrected chi connectivity index (χ1v) is 11.6. The van der Waals surface area contributed by atoms with Crippen LogP contribution in [0.1, 0.15) is 36.9 Å². The maximum Gasteiger partial charge on any atom is 0.168 e. The van der Waals surface area contributed by atoms with Crippen LogP contribution >= 0.6 is 0 Å². The Hall–Kier alpha value is -2.77. The summed E-state index contributed by atoms with van der Waals surface area (Å²) in [6.45, 7) is 5.27. The highest BCUT2D eigenvalue weighted by atomic mass is 19.2. The van der Waals surface area contributed by atoms with Crippen LogP contribution in [-0.4, -0.2) is 75.0 Å². The van der Waals surface area contributed by atoms with E-state index in [1.54, 1.807) is 6.07 Å². The fourth-order valence-electron chi connectivity index (χ4n) is 4.35. The number of rotatable bonds is 8. The second-order valence-corrected chi connectivity index (χ2v) is 9.69. The van der Waals surface area contributed by atoms with Crippen molar-refractivity contribution in [3.05, 3.63) is 53.0 Å². The molecule has 0 radical (unpaired) electrons. The number of aliphatic hydroxyl groups excluding tert-OH is 2. The standard InChI is InChI=1S/C24H31F2N5O5/c1-12-5-6-14(20(26)19(12)25)15-9-31(30-28-15)21-22(33)17(10-32)35-16(23(21)34-4)7-13-8-18(29-36-13)24(2,3)11-27/h5-6,8-9,16-17,21-23,32-33H,7,10-11,27H2,1-4H3/t16-,17-,21+,22+,23+/m1/s1. The fraction of sp³-hybridized carbons (Fsp3) is 0.542. The molecule has 1 fully saturated rings. The van der Waals surface area contributed by atoms with Crippen molar-refractivity contribution in [2.24, 2.45) is 5.73 Å². The molecule has 0 unspecified atom stereocenters. The maximum absolute atomic E-state index is 14.5. The van der Waals surface area contributed by atoms with Crippen LogP contribution in [0.25, 0.3) is 11.3 Å². The van der Waals surface area contributed by atoms with Gasteiger partial charge < -0.3 is 29.9 Å². The van der Waals surface area contributed by atoms with Crippen LogP contribution < -0.4 is 5.73 Å². The number of hydrogen-bond donors (Lipinski definition) is 3. The molecular formula is C24H31F2N5O5. The molecule has 1 aliphatic heterocycles. The number of aliphatic hydroxyl groups is 2. The first-order valence-electron chi connectivity index (χ1n) is 11.6. The van der Waals surface area contributed by atoms with E-state index in [1.165, 1.54) is 37.0 Å². The van der Waals surface area contributed by atoms with Crippen LogP contribution in [0.2, 0.25) is 0 Å². The van der Waals surface area contributed by atoms with Gasteiger partial charge in [-0.2, -0.15) is 0 Å². The van der Waals surface area contributed by atoms with E-state index in [0.717, 1.165) is 0 Å². The molecule has 4 N–H and O–H groups in total. The maximum atomic E-state index is 14.5. The Morgan fingerprint density at radius 1 is 1.22 bits per heavy atom. The van der Waals surface area contributed by atoms with Gasteiger partial charge in [0, 0.05) is 37.1 Å². The molecule has 4 rings (SSSR count). The van der Waals surface area contributed by atoms with Gasteiger partial charge in [-0.1, -0.05) is 30.3 Å². The molecule has 1 saturated heterocycles. The first-order chi connectivity index (χ1) is 17.1. The Kier molecular flexibility index (Phi) is 7.53. The molecule has 5 atom stereocenters. The van der Waals surface area contributed by atoms with E-state index in [0.29, 0.717) is 18.0 Å². The minimum absolute atomic E-state index is 0.0631. The number of halogens is 2. The molecule has 1 aromatic carbocycles. The molecular weight excluding hydrogens is 476 g/mol. The van der Waals surface area contributed by atoms with E-state index >= 15 is 0 Å². The SMILES string of the molecule is CO[C@@H]1[C@@H](n2cc(-c3ccc(C)c(F)c3F)nn2)[C@@H](O)[C@@H](CO)O[C@@H]1Cc1cc(C(C)(C)CN)no1. The van der Waals surface area contributed by atoms with E-state index in [1.807, 2.05) is 13.8 Å². The van der Waals surface area contributed by atoms with E-state index < -0.39 is 48.7 Å². The van der Waals surface area contributed by atoms with Crippen molar-refractivity contribution in [3.63, 3.8) is 0 Å². The summed E-state index contributed by atoms with van der Waals surface area (Å²) in [6.07, 6.45) is -1.98. The summed E-state index contributed by atoms with van der Waals surface area (Å²) in [5, 5.41) is 33.0. The molecule has 0 saturated carbocycles. The van der Waals surface area contributed by atoms with Crippen LogP contribution in [0.3, 0.4) is 0 Å². The highest BCUT2D eigenvalue weighted by Gasteiger charge is 2.47. The van der Waals surface area contributed by atoms with Crippen molar-refractivity contribution in [2.75, 3.05) is 20.3 Å². The quantitative estimate of drug-likeness (QED) is 0.415. The molecule has 10 nitrogen and oxygen atoms in total. The lowest BCUT2D eigenvalue weighted by molar-refractivity contribution is -0.212. The number of hydrogen-bond acceptors (Lipinski definition) is 9. The highest BCUT2D eigenvalue weighted by Crippen LogP contribution is 2.35. The third-order valence-electron chi connectivity index (χ3n) is 6.77. The van der Waals surface area contributed by atoms with Crippen molar-refractivity contribution < 1.29 is 33.0 Å². The Bertz CT molecular complexity index is 1200. The largest absolute Gasteiger partial charge is 0.394 e. The number of benzene rings is 1. The molecule has 12 heteroatoms. The number of aryl methyl sites for hydroxylation is 1. The molecule has 0 amide bonds.